The predicted octanol–water partition coefficient (Wildman–Crippen LogP) is -3.32. The number of hydrogen-bond acceptors (Lipinski definition) is 0. The summed E-state index contributed by atoms with van der Waals surface area (Å²) in [5.41, 5.74) is 0. The molecule has 0 N–H and O–H groups in total. The van der Waals surface area contributed by atoms with Crippen molar-refractivity contribution in [2.24, 2.45) is 0 Å². The first-order valence-electron chi connectivity index (χ1n) is 3.30. The van der Waals surface area contributed by atoms with Gasteiger partial charge in [0.15, 0.2) is 0 Å². The molecule has 0 heterocycles. The van der Waals surface area contributed by atoms with Gasteiger partial charge in [0.05, 0.1) is 0 Å². The fourth-order valence-corrected chi connectivity index (χ4v) is 0.856. The average Bonchev–Trinajstić information content (AvgIpc) is 1.62. The van der Waals surface area contributed by atoms with E-state index >= 15 is 0 Å². The Labute approximate surface area is 95.6 Å². The Morgan fingerprint density at radius 2 is 0.727 bits per heavy atom. The molecule has 0 nitrogen and oxygen atoms in total. The molecule has 0 atom stereocenters. The van der Waals surface area contributed by atoms with Crippen LogP contribution < -0.4 is 24.8 Å². The molecule has 0 aromatic carbocycles. The maximum atomic E-state index is 2.27. The molecule has 0 spiro atoms. The van der Waals surface area contributed by atoms with Gasteiger partial charge in [-0.3, -0.25) is 0 Å². The molecular weight excluding hydrogens is 362 g/mol. The standard InChI is InChI=1S/C8H12.2ClH.Pt/c1-2-4-6-8-7-5-3-1;;;/h1-2,7-8H,3-6H2;2*1H;/p-2/b2-1-,8-7-;;;. The summed E-state index contributed by atoms with van der Waals surface area (Å²) in [6.07, 6.45) is 14.0. The third kappa shape index (κ3) is 10.7. The molecule has 3 heteroatoms. The molecular formula is C8H12Cl2Pt-2. The van der Waals surface area contributed by atoms with Crippen LogP contribution in [0, 0.1) is 0 Å². The Bertz CT molecular complexity index is 84.7. The zero-order valence-corrected chi connectivity index (χ0v) is 9.99. The van der Waals surface area contributed by atoms with E-state index in [9.17, 15) is 0 Å². The van der Waals surface area contributed by atoms with Crippen molar-refractivity contribution >= 4 is 0 Å². The maximum absolute atomic E-state index is 2.27. The van der Waals surface area contributed by atoms with Crippen molar-refractivity contribution in [1.29, 1.82) is 0 Å². The molecule has 0 amide bonds. The second-order valence-corrected chi connectivity index (χ2v) is 2.10. The SMILES string of the molecule is C1=C\CC/C=C\CC/1.[Cl-].[Cl-].[Pt]. The normalized spacial score (nSPS) is 20.4. The molecule has 0 radical (unpaired) electrons. The molecule has 0 saturated heterocycles. The van der Waals surface area contributed by atoms with Crippen molar-refractivity contribution in [2.45, 2.75) is 25.7 Å². The first-order chi connectivity index (χ1) is 4.00. The van der Waals surface area contributed by atoms with Crippen molar-refractivity contribution in [3.63, 3.8) is 0 Å². The molecule has 0 aliphatic heterocycles. The summed E-state index contributed by atoms with van der Waals surface area (Å²) in [6.45, 7) is 0. The van der Waals surface area contributed by atoms with E-state index in [1.165, 1.54) is 25.7 Å². The van der Waals surface area contributed by atoms with Crippen LogP contribution in [0.15, 0.2) is 24.3 Å². The van der Waals surface area contributed by atoms with Crippen LogP contribution in [0.3, 0.4) is 0 Å². The second-order valence-electron chi connectivity index (χ2n) is 2.10. The van der Waals surface area contributed by atoms with E-state index in [4.69, 9.17) is 0 Å². The molecule has 0 fully saturated rings. The average molecular weight is 374 g/mol. The minimum absolute atomic E-state index is 0. The molecule has 0 unspecified atom stereocenters. The first-order valence-corrected chi connectivity index (χ1v) is 3.30. The summed E-state index contributed by atoms with van der Waals surface area (Å²) in [4.78, 5) is 0. The minimum atomic E-state index is 0. The van der Waals surface area contributed by atoms with Gasteiger partial charge in [-0.1, -0.05) is 24.3 Å². The van der Waals surface area contributed by atoms with Crippen LogP contribution in [0.25, 0.3) is 0 Å². The zero-order chi connectivity index (χ0) is 5.66. The smallest absolute Gasteiger partial charge is 0 e. The van der Waals surface area contributed by atoms with Crippen LogP contribution in [0.4, 0.5) is 0 Å². The van der Waals surface area contributed by atoms with Crippen LogP contribution in [-0.4, -0.2) is 0 Å². The quantitative estimate of drug-likeness (QED) is 0.390. The monoisotopic (exact) mass is 373 g/mol. The van der Waals surface area contributed by atoms with Crippen LogP contribution in [0.1, 0.15) is 25.7 Å². The summed E-state index contributed by atoms with van der Waals surface area (Å²) in [7, 11) is 0. The number of rotatable bonds is 0. The van der Waals surface area contributed by atoms with E-state index in [-0.39, 0.29) is 45.9 Å². The summed E-state index contributed by atoms with van der Waals surface area (Å²) in [6, 6.07) is 0. The van der Waals surface area contributed by atoms with Gasteiger partial charge < -0.3 is 24.8 Å². The minimum Gasteiger partial charge on any atom is -1.00 e. The van der Waals surface area contributed by atoms with Crippen molar-refractivity contribution in [1.82, 2.24) is 0 Å². The van der Waals surface area contributed by atoms with Gasteiger partial charge in [-0.25, -0.2) is 0 Å². The molecule has 11 heavy (non-hydrogen) atoms. The van der Waals surface area contributed by atoms with Crippen LogP contribution >= 0.6 is 0 Å². The third-order valence-corrected chi connectivity index (χ3v) is 1.33. The van der Waals surface area contributed by atoms with E-state index in [2.05, 4.69) is 24.3 Å². The number of hydrogen-bond donors (Lipinski definition) is 0. The summed E-state index contributed by atoms with van der Waals surface area (Å²) in [5.74, 6) is 0. The van der Waals surface area contributed by atoms with E-state index in [1.807, 2.05) is 0 Å². The van der Waals surface area contributed by atoms with Crippen LogP contribution in [-0.2, 0) is 21.1 Å². The Morgan fingerprint density at radius 1 is 0.545 bits per heavy atom. The summed E-state index contributed by atoms with van der Waals surface area (Å²) < 4.78 is 0. The molecule has 0 bridgehead atoms. The fraction of sp³-hybridized carbons (Fsp3) is 0.500. The van der Waals surface area contributed by atoms with Crippen molar-refractivity contribution in [3.8, 4) is 0 Å². The Hall–Kier alpha value is 0.748. The second kappa shape index (κ2) is 13.3. The van der Waals surface area contributed by atoms with Gasteiger partial charge in [0.2, 0.25) is 0 Å². The van der Waals surface area contributed by atoms with Gasteiger partial charge in [0.25, 0.3) is 0 Å². The fourth-order valence-electron chi connectivity index (χ4n) is 0.856. The predicted molar refractivity (Wildman–Crippen MR) is 36.7 cm³/mol. The largest absolute Gasteiger partial charge is 1.00 e. The molecule has 0 aromatic heterocycles. The van der Waals surface area contributed by atoms with Gasteiger partial charge in [0.1, 0.15) is 0 Å². The van der Waals surface area contributed by atoms with Crippen molar-refractivity contribution in [3.05, 3.63) is 24.3 Å². The van der Waals surface area contributed by atoms with Gasteiger partial charge in [-0.15, -0.1) is 0 Å². The first kappa shape index (κ1) is 17.7. The van der Waals surface area contributed by atoms with E-state index < -0.39 is 0 Å². The van der Waals surface area contributed by atoms with Gasteiger partial charge in [0, 0.05) is 21.1 Å². The number of allylic oxidation sites excluding steroid dienone is 4. The van der Waals surface area contributed by atoms with Crippen LogP contribution in [0.5, 0.6) is 0 Å². The van der Waals surface area contributed by atoms with Gasteiger partial charge in [-0.2, -0.15) is 0 Å². The summed E-state index contributed by atoms with van der Waals surface area (Å²) in [5, 5.41) is 0. The zero-order valence-electron chi connectivity index (χ0n) is 6.21. The molecule has 1 aliphatic carbocycles. The van der Waals surface area contributed by atoms with E-state index in [0.29, 0.717) is 0 Å². The topological polar surface area (TPSA) is 0 Å². The van der Waals surface area contributed by atoms with Crippen LogP contribution in [0.2, 0.25) is 0 Å². The summed E-state index contributed by atoms with van der Waals surface area (Å²) >= 11 is 0. The Morgan fingerprint density at radius 3 is 0.909 bits per heavy atom. The molecule has 0 aromatic rings. The van der Waals surface area contributed by atoms with Crippen molar-refractivity contribution < 1.29 is 45.9 Å². The van der Waals surface area contributed by atoms with Gasteiger partial charge >= 0.3 is 0 Å². The van der Waals surface area contributed by atoms with E-state index in [1.54, 1.807) is 0 Å². The number of halogens is 2. The maximum Gasteiger partial charge on any atom is 0 e. The Balaban J connectivity index is -0.000000213. The molecule has 0 saturated carbocycles. The molecule has 1 aliphatic rings. The van der Waals surface area contributed by atoms with Crippen molar-refractivity contribution in [2.75, 3.05) is 0 Å². The third-order valence-electron chi connectivity index (χ3n) is 1.33. The Kier molecular flexibility index (Phi) is 21.5. The molecule has 1 rings (SSSR count). The molecule has 70 valence electrons. The van der Waals surface area contributed by atoms with Gasteiger partial charge in [-0.05, 0) is 25.7 Å². The van der Waals surface area contributed by atoms with E-state index in [0.717, 1.165) is 0 Å².